The molecule has 4 unspecified atom stereocenters. The van der Waals surface area contributed by atoms with Crippen LogP contribution in [0.4, 0.5) is 0 Å². The third-order valence-corrected chi connectivity index (χ3v) is 11.5. The zero-order chi connectivity index (χ0) is 33.0. The van der Waals surface area contributed by atoms with Gasteiger partial charge >= 0.3 is 0 Å². The third-order valence-electron chi connectivity index (χ3n) is 11.5. The second-order valence-corrected chi connectivity index (χ2v) is 14.8. The van der Waals surface area contributed by atoms with Gasteiger partial charge in [-0.2, -0.15) is 0 Å². The summed E-state index contributed by atoms with van der Waals surface area (Å²) in [5.41, 5.74) is 16.3. The Morgan fingerprint density at radius 3 is 2.49 bits per heavy atom. The minimum atomic E-state index is 0.0346. The lowest BCUT2D eigenvalue weighted by molar-refractivity contribution is 0.481. The quantitative estimate of drug-likeness (QED) is 0.277. The summed E-state index contributed by atoms with van der Waals surface area (Å²) < 4.78 is 0. The van der Waals surface area contributed by atoms with Gasteiger partial charge in [0.05, 0.1) is 23.8 Å². The predicted molar refractivity (Wildman–Crippen MR) is 207 cm³/mol. The molecule has 2 heterocycles. The number of allylic oxidation sites excluding steroid dienone is 13. The van der Waals surface area contributed by atoms with Crippen molar-refractivity contribution in [3.05, 3.63) is 179 Å². The fourth-order valence-corrected chi connectivity index (χ4v) is 8.90. The molecule has 0 saturated heterocycles. The van der Waals surface area contributed by atoms with Gasteiger partial charge < -0.3 is 0 Å². The topological polar surface area (TPSA) is 24.4 Å². The van der Waals surface area contributed by atoms with Crippen molar-refractivity contribution in [1.29, 1.82) is 0 Å². The Kier molecular flexibility index (Phi) is 7.58. The van der Waals surface area contributed by atoms with E-state index in [2.05, 4.69) is 159 Å². The van der Waals surface area contributed by atoms with E-state index in [1.54, 1.807) is 5.57 Å². The number of hydrogen-bond donors (Lipinski definition) is 1. The van der Waals surface area contributed by atoms with E-state index in [0.717, 1.165) is 37.8 Å². The highest BCUT2D eigenvalue weighted by Crippen LogP contribution is 2.52. The molecule has 242 valence electrons. The molecule has 0 radical (unpaired) electrons. The van der Waals surface area contributed by atoms with Crippen LogP contribution in [0.5, 0.6) is 0 Å². The van der Waals surface area contributed by atoms with Gasteiger partial charge in [0.25, 0.3) is 0 Å². The van der Waals surface area contributed by atoms with Crippen LogP contribution in [0.3, 0.4) is 0 Å². The van der Waals surface area contributed by atoms with Gasteiger partial charge in [0.2, 0.25) is 0 Å². The van der Waals surface area contributed by atoms with Crippen LogP contribution in [-0.2, 0) is 5.41 Å². The Morgan fingerprint density at radius 1 is 0.755 bits per heavy atom. The molecule has 0 bridgehead atoms. The third kappa shape index (κ3) is 5.34. The Bertz CT molecular complexity index is 2110. The summed E-state index contributed by atoms with van der Waals surface area (Å²) in [5.74, 6) is 0.315. The molecular weight excluding hydrogens is 593 g/mol. The number of benzene rings is 3. The van der Waals surface area contributed by atoms with Gasteiger partial charge in [-0.05, 0) is 106 Å². The number of fused-ring (bicyclic) bond motifs is 3. The molecule has 0 amide bonds. The Morgan fingerprint density at radius 2 is 1.65 bits per heavy atom. The van der Waals surface area contributed by atoms with Crippen molar-refractivity contribution in [2.75, 3.05) is 0 Å². The number of aliphatic imine (C=N–C) groups is 1. The second kappa shape index (κ2) is 12.3. The summed E-state index contributed by atoms with van der Waals surface area (Å²) in [5, 5.41) is 3.97. The van der Waals surface area contributed by atoms with E-state index in [0.29, 0.717) is 5.92 Å². The molecule has 0 saturated carbocycles. The van der Waals surface area contributed by atoms with Crippen LogP contribution < -0.4 is 5.32 Å². The molecule has 9 rings (SSSR count). The van der Waals surface area contributed by atoms with Gasteiger partial charge in [-0.3, -0.25) is 10.3 Å². The van der Waals surface area contributed by atoms with Crippen LogP contribution in [0.25, 0.3) is 22.3 Å². The van der Waals surface area contributed by atoms with Crippen LogP contribution in [0, 0.1) is 0 Å². The van der Waals surface area contributed by atoms with Crippen LogP contribution in [0.2, 0.25) is 0 Å². The summed E-state index contributed by atoms with van der Waals surface area (Å²) in [6.45, 7) is 4.87. The van der Waals surface area contributed by atoms with E-state index in [9.17, 15) is 0 Å². The molecular formula is C47H44N2. The average molecular weight is 637 g/mol. The highest BCUT2D eigenvalue weighted by atomic mass is 15.0. The van der Waals surface area contributed by atoms with Gasteiger partial charge in [0.1, 0.15) is 0 Å². The normalized spacial score (nSPS) is 25.9. The summed E-state index contributed by atoms with van der Waals surface area (Å²) in [6.07, 6.45) is 35.7. The van der Waals surface area contributed by atoms with Gasteiger partial charge in [-0.15, -0.1) is 0 Å². The first-order valence-corrected chi connectivity index (χ1v) is 18.2. The van der Waals surface area contributed by atoms with E-state index in [1.807, 2.05) is 0 Å². The molecule has 1 N–H and O–H groups in total. The number of hydrogen-bond acceptors (Lipinski definition) is 2. The summed E-state index contributed by atoms with van der Waals surface area (Å²) in [7, 11) is 0. The maximum absolute atomic E-state index is 5.14. The zero-order valence-electron chi connectivity index (χ0n) is 28.6. The highest BCUT2D eigenvalue weighted by molar-refractivity contribution is 6.09. The molecule has 3 aromatic rings. The fourth-order valence-electron chi connectivity index (χ4n) is 8.90. The number of dihydropyridines is 1. The molecule has 4 aliphatic carbocycles. The smallest absolute Gasteiger partial charge is 0.0877 e. The van der Waals surface area contributed by atoms with Gasteiger partial charge in [-0.25, -0.2) is 0 Å². The molecule has 2 nitrogen and oxygen atoms in total. The minimum Gasteiger partial charge on any atom is -0.298 e. The monoisotopic (exact) mass is 636 g/mol. The lowest BCUT2D eigenvalue weighted by Crippen LogP contribution is -2.43. The Hall–Kier alpha value is -4.79. The maximum atomic E-state index is 5.14. The van der Waals surface area contributed by atoms with Crippen molar-refractivity contribution in [3.63, 3.8) is 0 Å². The van der Waals surface area contributed by atoms with Crippen molar-refractivity contribution < 1.29 is 0 Å². The number of rotatable bonds is 5. The SMILES string of the molecule is CC1(C)C2=C(C=CCC2)c2ccc(-c3c(C4=CCCC=C4)cc(C4C=CC5N=C(c6ccccc6)C=CC5N4)cc3C3C=CC=CC3)cc21. The van der Waals surface area contributed by atoms with E-state index in [-0.39, 0.29) is 23.5 Å². The molecule has 4 atom stereocenters. The average Bonchev–Trinajstić information content (AvgIpc) is 3.40. The highest BCUT2D eigenvalue weighted by Gasteiger charge is 2.38. The van der Waals surface area contributed by atoms with Gasteiger partial charge in [0, 0.05) is 11.3 Å². The first-order valence-electron chi connectivity index (χ1n) is 18.2. The lowest BCUT2D eigenvalue weighted by Gasteiger charge is -2.33. The fraction of sp³-hybridized carbons (Fsp3) is 0.255. The van der Waals surface area contributed by atoms with Crippen molar-refractivity contribution >= 4 is 16.9 Å². The van der Waals surface area contributed by atoms with Crippen molar-refractivity contribution in [2.45, 2.75) is 75.4 Å². The lowest BCUT2D eigenvalue weighted by atomic mass is 9.76. The Labute approximate surface area is 291 Å². The molecule has 2 heteroatoms. The summed E-state index contributed by atoms with van der Waals surface area (Å²) in [6, 6.07) is 23.2. The molecule has 6 aliphatic rings. The minimum absolute atomic E-state index is 0.0346. The molecule has 0 aromatic heterocycles. The summed E-state index contributed by atoms with van der Waals surface area (Å²) in [4.78, 5) is 5.14. The molecule has 0 spiro atoms. The summed E-state index contributed by atoms with van der Waals surface area (Å²) >= 11 is 0. The van der Waals surface area contributed by atoms with E-state index in [1.165, 1.54) is 55.7 Å². The van der Waals surface area contributed by atoms with E-state index >= 15 is 0 Å². The first-order chi connectivity index (χ1) is 24.0. The molecule has 3 aromatic carbocycles. The van der Waals surface area contributed by atoms with Crippen LogP contribution in [0.1, 0.15) is 91.3 Å². The molecule has 49 heavy (non-hydrogen) atoms. The van der Waals surface area contributed by atoms with Crippen LogP contribution in [-0.4, -0.2) is 17.8 Å². The van der Waals surface area contributed by atoms with Crippen LogP contribution >= 0.6 is 0 Å². The van der Waals surface area contributed by atoms with E-state index in [4.69, 9.17) is 4.99 Å². The van der Waals surface area contributed by atoms with E-state index < -0.39 is 0 Å². The molecule has 2 aliphatic heterocycles. The molecule has 0 fully saturated rings. The predicted octanol–water partition coefficient (Wildman–Crippen LogP) is 11.1. The largest absolute Gasteiger partial charge is 0.298 e. The number of nitrogens with one attached hydrogen (secondary N) is 1. The Balaban J connectivity index is 1.17. The maximum Gasteiger partial charge on any atom is 0.0877 e. The van der Waals surface area contributed by atoms with Crippen LogP contribution in [0.15, 0.2) is 150 Å². The second-order valence-electron chi connectivity index (χ2n) is 14.8. The number of nitrogens with zero attached hydrogens (tertiary/aromatic N) is 1. The van der Waals surface area contributed by atoms with Gasteiger partial charge in [-0.1, -0.05) is 141 Å². The van der Waals surface area contributed by atoms with Gasteiger partial charge in [0.15, 0.2) is 0 Å². The van der Waals surface area contributed by atoms with Crippen molar-refractivity contribution in [1.82, 2.24) is 5.32 Å². The van der Waals surface area contributed by atoms with Crippen molar-refractivity contribution in [2.24, 2.45) is 4.99 Å². The van der Waals surface area contributed by atoms with Crippen molar-refractivity contribution in [3.8, 4) is 11.1 Å². The zero-order valence-corrected chi connectivity index (χ0v) is 28.6. The standard InChI is InChI=1S/C47H44N2/c1-47(2)40-21-13-12-20-36(40)37-23-22-34(30-41(37)47)46-38(31-14-6-3-7-15-31)28-35(29-39(46)32-16-8-4-9-17-32)43-25-27-44-45(49-43)26-24-42(48-44)33-18-10-5-11-19-33/h3,5-8,10-12,14,16-20,22-31,43-45,49H,4,9,13,15,21H2,1-2H3. The first kappa shape index (κ1) is 30.3.